The zero-order chi connectivity index (χ0) is 12.3. The predicted octanol–water partition coefficient (Wildman–Crippen LogP) is 3.33. The molecule has 0 atom stereocenters. The van der Waals surface area contributed by atoms with Crippen molar-refractivity contribution in [2.45, 2.75) is 26.4 Å². The molecule has 1 aromatic carbocycles. The van der Waals surface area contributed by atoms with Crippen LogP contribution in [0.5, 0.6) is 0 Å². The van der Waals surface area contributed by atoms with Gasteiger partial charge in [0.05, 0.1) is 0 Å². The highest BCUT2D eigenvalue weighted by molar-refractivity contribution is 5.83. The maximum atomic E-state index is 3.97. The standard InChI is InChI=1S/C15H20N2/c1-12(2)8-9-17-11-13(10-16-3)14-6-4-5-7-15(14)17/h4-7,11,16H,1,8-10H2,2-3H3. The molecule has 0 aliphatic heterocycles. The molecule has 2 nitrogen and oxygen atoms in total. The molecule has 1 aromatic heterocycles. The first-order valence-electron chi connectivity index (χ1n) is 6.08. The van der Waals surface area contributed by atoms with Crippen molar-refractivity contribution in [3.63, 3.8) is 0 Å². The summed E-state index contributed by atoms with van der Waals surface area (Å²) in [5.74, 6) is 0. The summed E-state index contributed by atoms with van der Waals surface area (Å²) < 4.78 is 2.33. The minimum Gasteiger partial charge on any atom is -0.347 e. The molecule has 0 radical (unpaired) electrons. The first kappa shape index (κ1) is 11.9. The number of allylic oxidation sites excluding steroid dienone is 1. The Labute approximate surface area is 103 Å². The van der Waals surface area contributed by atoms with Crippen LogP contribution in [-0.4, -0.2) is 11.6 Å². The van der Waals surface area contributed by atoms with Crippen LogP contribution in [-0.2, 0) is 13.1 Å². The van der Waals surface area contributed by atoms with Gasteiger partial charge in [0, 0.05) is 30.2 Å². The van der Waals surface area contributed by atoms with Crippen LogP contribution in [0.15, 0.2) is 42.6 Å². The molecule has 0 aliphatic rings. The summed E-state index contributed by atoms with van der Waals surface area (Å²) in [6, 6.07) is 8.58. The van der Waals surface area contributed by atoms with Gasteiger partial charge in [-0.15, -0.1) is 6.58 Å². The number of hydrogen-bond acceptors (Lipinski definition) is 1. The topological polar surface area (TPSA) is 17.0 Å². The van der Waals surface area contributed by atoms with Gasteiger partial charge in [-0.2, -0.15) is 0 Å². The number of aromatic nitrogens is 1. The number of nitrogens with one attached hydrogen (secondary N) is 1. The third-order valence-electron chi connectivity index (χ3n) is 3.02. The molecular weight excluding hydrogens is 208 g/mol. The average Bonchev–Trinajstić information content (AvgIpc) is 2.66. The van der Waals surface area contributed by atoms with E-state index in [9.17, 15) is 0 Å². The minimum absolute atomic E-state index is 0.917. The Morgan fingerprint density at radius 3 is 2.82 bits per heavy atom. The van der Waals surface area contributed by atoms with Crippen molar-refractivity contribution >= 4 is 10.9 Å². The van der Waals surface area contributed by atoms with Crippen molar-refractivity contribution in [2.75, 3.05) is 7.05 Å². The van der Waals surface area contributed by atoms with E-state index in [1.54, 1.807) is 0 Å². The first-order valence-corrected chi connectivity index (χ1v) is 6.08. The third-order valence-corrected chi connectivity index (χ3v) is 3.02. The molecule has 0 amide bonds. The number of rotatable bonds is 5. The van der Waals surface area contributed by atoms with Crippen LogP contribution in [0.4, 0.5) is 0 Å². The Balaban J connectivity index is 2.37. The highest BCUT2D eigenvalue weighted by Crippen LogP contribution is 2.21. The maximum Gasteiger partial charge on any atom is 0.0483 e. The van der Waals surface area contributed by atoms with E-state index in [0.29, 0.717) is 0 Å². The smallest absolute Gasteiger partial charge is 0.0483 e. The second-order valence-corrected chi connectivity index (χ2v) is 4.60. The summed E-state index contributed by atoms with van der Waals surface area (Å²) in [7, 11) is 1.99. The highest BCUT2D eigenvalue weighted by Gasteiger charge is 2.06. The fraction of sp³-hybridized carbons (Fsp3) is 0.333. The van der Waals surface area contributed by atoms with Gasteiger partial charge in [-0.3, -0.25) is 0 Å². The van der Waals surface area contributed by atoms with Crippen molar-refractivity contribution in [2.24, 2.45) is 0 Å². The zero-order valence-corrected chi connectivity index (χ0v) is 10.7. The molecular formula is C15H20N2. The van der Waals surface area contributed by atoms with Gasteiger partial charge in [0.2, 0.25) is 0 Å². The lowest BCUT2D eigenvalue weighted by Crippen LogP contribution is -2.04. The van der Waals surface area contributed by atoms with Gasteiger partial charge < -0.3 is 9.88 Å². The summed E-state index contributed by atoms with van der Waals surface area (Å²) in [6.07, 6.45) is 3.29. The minimum atomic E-state index is 0.917. The summed E-state index contributed by atoms with van der Waals surface area (Å²) in [4.78, 5) is 0. The third kappa shape index (κ3) is 2.59. The lowest BCUT2D eigenvalue weighted by atomic mass is 10.2. The van der Waals surface area contributed by atoms with Crippen molar-refractivity contribution < 1.29 is 0 Å². The molecule has 0 aliphatic carbocycles. The Kier molecular flexibility index (Phi) is 3.64. The van der Waals surface area contributed by atoms with Crippen LogP contribution in [0, 0.1) is 0 Å². The van der Waals surface area contributed by atoms with Gasteiger partial charge in [-0.25, -0.2) is 0 Å². The molecule has 1 N–H and O–H groups in total. The fourth-order valence-electron chi connectivity index (χ4n) is 2.15. The predicted molar refractivity (Wildman–Crippen MR) is 74.1 cm³/mol. The molecule has 2 heteroatoms. The second-order valence-electron chi connectivity index (χ2n) is 4.60. The van der Waals surface area contributed by atoms with Crippen LogP contribution < -0.4 is 5.32 Å². The van der Waals surface area contributed by atoms with E-state index < -0.39 is 0 Å². The number of benzene rings is 1. The Morgan fingerprint density at radius 2 is 2.12 bits per heavy atom. The highest BCUT2D eigenvalue weighted by atomic mass is 15.0. The van der Waals surface area contributed by atoms with Gasteiger partial charge in [-0.1, -0.05) is 23.8 Å². The zero-order valence-electron chi connectivity index (χ0n) is 10.7. The number of nitrogens with zero attached hydrogens (tertiary/aromatic N) is 1. The number of aryl methyl sites for hydroxylation is 1. The van der Waals surface area contributed by atoms with Crippen molar-refractivity contribution in [1.82, 2.24) is 9.88 Å². The van der Waals surface area contributed by atoms with Gasteiger partial charge in [-0.05, 0) is 32.0 Å². The lowest BCUT2D eigenvalue weighted by Gasteiger charge is -2.04. The van der Waals surface area contributed by atoms with E-state index in [2.05, 4.69) is 53.8 Å². The summed E-state index contributed by atoms with van der Waals surface area (Å²) in [5, 5.41) is 4.57. The number of fused-ring (bicyclic) bond motifs is 1. The van der Waals surface area contributed by atoms with E-state index in [-0.39, 0.29) is 0 Å². The molecule has 1 heterocycles. The first-order chi connectivity index (χ1) is 8.22. The SMILES string of the molecule is C=C(C)CCn1cc(CNC)c2ccccc21. The Bertz CT molecular complexity index is 523. The second kappa shape index (κ2) is 5.19. The Morgan fingerprint density at radius 1 is 1.35 bits per heavy atom. The number of hydrogen-bond donors (Lipinski definition) is 1. The quantitative estimate of drug-likeness (QED) is 0.777. The van der Waals surface area contributed by atoms with Crippen LogP contribution in [0.25, 0.3) is 10.9 Å². The van der Waals surface area contributed by atoms with Crippen molar-refractivity contribution in [3.05, 3.63) is 48.2 Å². The van der Waals surface area contributed by atoms with E-state index in [4.69, 9.17) is 0 Å². The van der Waals surface area contributed by atoms with E-state index in [1.807, 2.05) is 7.05 Å². The summed E-state index contributed by atoms with van der Waals surface area (Å²) >= 11 is 0. The van der Waals surface area contributed by atoms with Crippen LogP contribution in [0.2, 0.25) is 0 Å². The largest absolute Gasteiger partial charge is 0.347 e. The number of para-hydroxylation sites is 1. The summed E-state index contributed by atoms with van der Waals surface area (Å²) in [6.45, 7) is 7.98. The lowest BCUT2D eigenvalue weighted by molar-refractivity contribution is 0.711. The molecule has 0 saturated heterocycles. The maximum absolute atomic E-state index is 3.97. The van der Waals surface area contributed by atoms with E-state index in [0.717, 1.165) is 19.5 Å². The molecule has 0 saturated carbocycles. The fourth-order valence-corrected chi connectivity index (χ4v) is 2.15. The molecule has 0 unspecified atom stereocenters. The summed E-state index contributed by atoms with van der Waals surface area (Å²) in [5.41, 5.74) is 3.92. The van der Waals surface area contributed by atoms with Gasteiger partial charge in [0.15, 0.2) is 0 Å². The van der Waals surface area contributed by atoms with Gasteiger partial charge >= 0.3 is 0 Å². The van der Waals surface area contributed by atoms with Crippen LogP contribution in [0.3, 0.4) is 0 Å². The van der Waals surface area contributed by atoms with Gasteiger partial charge in [0.25, 0.3) is 0 Å². The molecule has 2 aromatic rings. The van der Waals surface area contributed by atoms with Crippen molar-refractivity contribution in [1.29, 1.82) is 0 Å². The molecule has 0 bridgehead atoms. The molecule has 0 fully saturated rings. The van der Waals surface area contributed by atoms with Crippen LogP contribution >= 0.6 is 0 Å². The average molecular weight is 228 g/mol. The molecule has 2 rings (SSSR count). The Hall–Kier alpha value is -1.54. The van der Waals surface area contributed by atoms with Crippen molar-refractivity contribution in [3.8, 4) is 0 Å². The normalized spacial score (nSPS) is 10.9. The molecule has 0 spiro atoms. The van der Waals surface area contributed by atoms with Crippen LogP contribution in [0.1, 0.15) is 18.9 Å². The molecule has 17 heavy (non-hydrogen) atoms. The monoisotopic (exact) mass is 228 g/mol. The van der Waals surface area contributed by atoms with E-state index in [1.165, 1.54) is 22.0 Å². The molecule has 90 valence electrons. The van der Waals surface area contributed by atoms with Gasteiger partial charge in [0.1, 0.15) is 0 Å². The van der Waals surface area contributed by atoms with E-state index >= 15 is 0 Å².